The standard InChI is InChI=1S/C62H65FN6O16S2/c1-8-62(46-29-50-53-44(31-69(50)56(72)45(46)32-82-57(62)73)52-48(66-59(75)83-61(5,6)7)22-21-43-37(4)47(63)30-49(65-53)51(43)52)84-60(76)81-28-23-64-58(74)85-68-26-24-67(25-27-68)55(71)39-15-13-38(14-16-39)54(70)40(33-86(77,78)41-17-9-35(2)10-18-41)34-87(79,80)42-19-11-36(3)12-20-42/h9-20,29-30,40,48H,8,21-28,31-34H2,1-7H3,(H,64,74)(H,66,75)/t48-,62-/m0/s1. The van der Waals surface area contributed by atoms with Crippen LogP contribution in [0.25, 0.3) is 22.3 Å². The molecule has 0 saturated carbocycles. The minimum atomic E-state index is -4.13. The van der Waals surface area contributed by atoms with Gasteiger partial charge in [0, 0.05) is 46.8 Å². The number of carbonyl (C=O) groups excluding carboxylic acids is 6. The molecule has 0 bridgehead atoms. The van der Waals surface area contributed by atoms with E-state index in [1.165, 1.54) is 69.1 Å². The molecule has 0 spiro atoms. The van der Waals surface area contributed by atoms with Gasteiger partial charge in [-0.15, -0.1) is 5.06 Å². The Bertz CT molecular complexity index is 4010. The van der Waals surface area contributed by atoms with E-state index >= 15 is 4.39 Å². The van der Waals surface area contributed by atoms with Crippen LogP contribution in [-0.2, 0) is 73.4 Å². The molecule has 1 saturated heterocycles. The summed E-state index contributed by atoms with van der Waals surface area (Å²) in [6.45, 7) is 11.4. The Morgan fingerprint density at radius 1 is 0.805 bits per heavy atom. The zero-order valence-corrected chi connectivity index (χ0v) is 50.6. The number of fused-ring (bicyclic) bond motifs is 5. The van der Waals surface area contributed by atoms with Crippen LogP contribution in [0.3, 0.4) is 0 Å². The molecular weight excluding hydrogens is 1170 g/mol. The third-order valence-corrected chi connectivity index (χ3v) is 19.7. The maximum Gasteiger partial charge on any atom is 0.509 e. The van der Waals surface area contributed by atoms with Gasteiger partial charge in [-0.2, -0.15) is 0 Å². The van der Waals surface area contributed by atoms with Crippen molar-refractivity contribution in [1.29, 1.82) is 0 Å². The first-order valence-electron chi connectivity index (χ1n) is 28.3. The molecule has 1 aliphatic carbocycles. The van der Waals surface area contributed by atoms with E-state index in [-0.39, 0.29) is 83.4 Å². The Labute approximate surface area is 501 Å². The first kappa shape index (κ1) is 61.5. The van der Waals surface area contributed by atoms with Crippen LogP contribution in [0.15, 0.2) is 99.5 Å². The van der Waals surface area contributed by atoms with Gasteiger partial charge < -0.3 is 43.9 Å². The topological polar surface area (TPSA) is 282 Å². The number of piperazine rings is 1. The number of rotatable bonds is 16. The second-order valence-electron chi connectivity index (χ2n) is 23.1. The van der Waals surface area contributed by atoms with Crippen LogP contribution in [0.4, 0.5) is 18.8 Å². The van der Waals surface area contributed by atoms with E-state index in [0.29, 0.717) is 46.1 Å². The van der Waals surface area contributed by atoms with Crippen molar-refractivity contribution in [1.82, 2.24) is 30.1 Å². The molecule has 458 valence electrons. The molecule has 25 heteroatoms. The summed E-state index contributed by atoms with van der Waals surface area (Å²) < 4.78 is 93.5. The summed E-state index contributed by atoms with van der Waals surface area (Å²) in [5, 5.41) is 7.44. The number of alkyl carbamates (subject to hydrolysis) is 1. The number of aromatic nitrogens is 2. The van der Waals surface area contributed by atoms with Crippen LogP contribution in [0.5, 0.6) is 0 Å². The van der Waals surface area contributed by atoms with E-state index in [1.54, 1.807) is 78.8 Å². The number of carbonyl (C=O) groups is 6. The number of hydroxylamine groups is 2. The summed E-state index contributed by atoms with van der Waals surface area (Å²) in [6, 6.07) is 19.8. The number of ether oxygens (including phenoxy) is 4. The molecule has 6 aromatic rings. The molecule has 22 nitrogen and oxygen atoms in total. The van der Waals surface area contributed by atoms with Crippen LogP contribution < -0.4 is 16.2 Å². The summed E-state index contributed by atoms with van der Waals surface area (Å²) in [5.74, 6) is -5.62. The van der Waals surface area contributed by atoms with Crippen molar-refractivity contribution in [2.24, 2.45) is 5.92 Å². The van der Waals surface area contributed by atoms with Gasteiger partial charge >= 0.3 is 24.3 Å². The number of nitrogens with one attached hydrogen (secondary N) is 2. The van der Waals surface area contributed by atoms with Crippen LogP contribution in [0, 0.1) is 32.5 Å². The Morgan fingerprint density at radius 2 is 1.41 bits per heavy atom. The lowest BCUT2D eigenvalue weighted by molar-refractivity contribution is -0.175. The van der Waals surface area contributed by atoms with E-state index in [0.717, 1.165) is 16.7 Å². The Balaban J connectivity index is 0.743. The fraction of sp³-hybridized carbons (Fsp3) is 0.387. The minimum absolute atomic E-state index is 0.0111. The highest BCUT2D eigenvalue weighted by molar-refractivity contribution is 7.92. The van der Waals surface area contributed by atoms with Crippen molar-refractivity contribution in [2.45, 2.75) is 108 Å². The molecule has 4 aliphatic rings. The van der Waals surface area contributed by atoms with Crippen molar-refractivity contribution >= 4 is 66.6 Å². The minimum Gasteiger partial charge on any atom is -0.457 e. The van der Waals surface area contributed by atoms with Crippen molar-refractivity contribution < 1.29 is 73.8 Å². The number of nitrogens with zero attached hydrogens (tertiary/aromatic N) is 4. The number of hydrogen-bond acceptors (Lipinski definition) is 18. The maximum atomic E-state index is 15.5. The number of Topliss-reactive ketones (excluding diaryl/α,β-unsaturated/α-hetero) is 1. The number of hydrogen-bond donors (Lipinski definition) is 2. The van der Waals surface area contributed by atoms with Gasteiger partial charge in [0.2, 0.25) is 5.60 Å². The molecule has 2 aromatic heterocycles. The Hall–Kier alpha value is -8.55. The SMILES string of the molecule is CC[C@@]1(OC(=O)OCCNC(=O)ON2CCN(C(=O)c3ccc(C(=O)C(CS(=O)(=O)c4ccc(C)cc4)CS(=O)(=O)c4ccc(C)cc4)cc3)CC2)C(=O)OCc2c1cc1n(c2=O)Cc2c-1nc1cc(F)c(C)c3c1c2[C@@H](NC(=O)OC(C)(C)C)CC3. The van der Waals surface area contributed by atoms with Crippen molar-refractivity contribution in [3.8, 4) is 11.4 Å². The van der Waals surface area contributed by atoms with Crippen molar-refractivity contribution in [3.05, 3.63) is 157 Å². The molecule has 4 aromatic carbocycles. The monoisotopic (exact) mass is 1230 g/mol. The second kappa shape index (κ2) is 24.0. The molecular formula is C62H65FN6O16S2. The van der Waals surface area contributed by atoms with Gasteiger partial charge in [0.1, 0.15) is 24.6 Å². The van der Waals surface area contributed by atoms with Crippen LogP contribution in [-0.4, -0.2) is 129 Å². The number of halogens is 1. The third-order valence-electron chi connectivity index (χ3n) is 16.0. The molecule has 87 heavy (non-hydrogen) atoms. The number of ketones is 1. The lowest BCUT2D eigenvalue weighted by Gasteiger charge is -2.35. The van der Waals surface area contributed by atoms with E-state index < -0.39 is 115 Å². The molecule has 2 atom stereocenters. The lowest BCUT2D eigenvalue weighted by atomic mass is 9.81. The lowest BCUT2D eigenvalue weighted by Crippen LogP contribution is -2.50. The third kappa shape index (κ3) is 12.5. The molecule has 10 rings (SSSR count). The molecule has 3 amide bonds. The summed E-state index contributed by atoms with van der Waals surface area (Å²) >= 11 is 0. The average molecular weight is 1230 g/mol. The maximum absolute atomic E-state index is 15.5. The highest BCUT2D eigenvalue weighted by Crippen LogP contribution is 2.47. The average Bonchev–Trinajstić information content (AvgIpc) is 1.73. The summed E-state index contributed by atoms with van der Waals surface area (Å²) in [4.78, 5) is 107. The quantitative estimate of drug-likeness (QED) is 0.0406. The van der Waals surface area contributed by atoms with Crippen molar-refractivity contribution in [3.63, 3.8) is 0 Å². The molecule has 0 unspecified atom stereocenters. The zero-order chi connectivity index (χ0) is 62.5. The summed E-state index contributed by atoms with van der Waals surface area (Å²) in [7, 11) is -8.26. The highest BCUT2D eigenvalue weighted by atomic mass is 32.2. The van der Waals surface area contributed by atoms with Gasteiger partial charge in [-0.25, -0.2) is 45.4 Å². The van der Waals surface area contributed by atoms with E-state index in [4.69, 9.17) is 28.8 Å². The van der Waals surface area contributed by atoms with Gasteiger partial charge in [0.15, 0.2) is 25.5 Å². The number of benzene rings is 4. The summed E-state index contributed by atoms with van der Waals surface area (Å²) in [6.07, 6.45) is -2.23. The fourth-order valence-electron chi connectivity index (χ4n) is 11.5. The number of sulfone groups is 2. The van der Waals surface area contributed by atoms with Gasteiger partial charge in [0.05, 0.1) is 81.9 Å². The van der Waals surface area contributed by atoms with Gasteiger partial charge in [-0.05, 0) is 120 Å². The highest BCUT2D eigenvalue weighted by Gasteiger charge is 2.51. The number of aryl methyl sites for hydroxylation is 3. The smallest absolute Gasteiger partial charge is 0.457 e. The fourth-order valence-corrected chi connectivity index (χ4v) is 14.7. The van der Waals surface area contributed by atoms with Crippen molar-refractivity contribution in [2.75, 3.05) is 50.8 Å². The van der Waals surface area contributed by atoms with Crippen LogP contribution in [0.2, 0.25) is 0 Å². The molecule has 0 radical (unpaired) electrons. The van der Waals surface area contributed by atoms with Crippen LogP contribution >= 0.6 is 0 Å². The summed E-state index contributed by atoms with van der Waals surface area (Å²) in [5.41, 5.74) is 1.78. The normalized spacial score (nSPS) is 17.4. The molecule has 3 aliphatic heterocycles. The second-order valence-corrected chi connectivity index (χ2v) is 27.1. The number of amides is 3. The zero-order valence-electron chi connectivity index (χ0n) is 48.9. The first-order chi connectivity index (χ1) is 41.2. The van der Waals surface area contributed by atoms with Gasteiger partial charge in [0.25, 0.3) is 11.5 Å². The first-order valence-corrected chi connectivity index (χ1v) is 31.6. The van der Waals surface area contributed by atoms with Gasteiger partial charge in [-0.3, -0.25) is 14.4 Å². The Kier molecular flexibility index (Phi) is 16.9. The van der Waals surface area contributed by atoms with E-state index in [2.05, 4.69) is 10.6 Å². The largest absolute Gasteiger partial charge is 0.509 e. The Morgan fingerprint density at radius 3 is 2.01 bits per heavy atom. The number of pyridine rings is 2. The number of cyclic esters (lactones) is 1. The van der Waals surface area contributed by atoms with E-state index in [9.17, 15) is 50.4 Å². The molecule has 2 N–H and O–H groups in total. The van der Waals surface area contributed by atoms with Crippen LogP contribution in [0.1, 0.15) is 112 Å². The molecule has 5 heterocycles. The van der Waals surface area contributed by atoms with Gasteiger partial charge in [-0.1, -0.05) is 54.4 Å². The predicted octanol–water partition coefficient (Wildman–Crippen LogP) is 7.66. The predicted molar refractivity (Wildman–Crippen MR) is 313 cm³/mol. The number of esters is 1. The van der Waals surface area contributed by atoms with E-state index in [1.807, 2.05) is 0 Å². The molecule has 1 fully saturated rings.